The number of hydrogen-bond donors (Lipinski definition) is 0. The number of nitrogens with zero attached hydrogens (tertiary/aromatic N) is 2. The van der Waals surface area contributed by atoms with Gasteiger partial charge in [-0.1, -0.05) is 63.9 Å². The lowest BCUT2D eigenvalue weighted by Gasteiger charge is -2.33. The summed E-state index contributed by atoms with van der Waals surface area (Å²) >= 11 is 0. The van der Waals surface area contributed by atoms with Crippen LogP contribution in [-0.2, 0) is 21.4 Å². The standard InChI is InChI=1S/C18H23F2N2O5P.C2H6/c1-3-4-8-13-21(2)28(25,18(19,20)15-9-6-5-7-10-15)26-14-16-11-12-17(27-16)22(23)24;1-2/h5-7,9-12H,3-4,8,13-14H2,1-2H3;1-2H3. The van der Waals surface area contributed by atoms with Gasteiger partial charge in [0, 0.05) is 12.1 Å². The molecule has 0 saturated carbocycles. The zero-order valence-corrected chi connectivity index (χ0v) is 18.6. The van der Waals surface area contributed by atoms with Crippen molar-refractivity contribution in [2.75, 3.05) is 13.6 Å². The number of nitro groups is 1. The molecule has 0 aliphatic heterocycles. The number of furan rings is 1. The van der Waals surface area contributed by atoms with Crippen LogP contribution in [0.4, 0.5) is 14.7 Å². The monoisotopic (exact) mass is 446 g/mol. The van der Waals surface area contributed by atoms with Crippen molar-refractivity contribution in [3.63, 3.8) is 0 Å². The Morgan fingerprint density at radius 1 is 1.17 bits per heavy atom. The van der Waals surface area contributed by atoms with E-state index in [-0.39, 0.29) is 12.3 Å². The Kier molecular flexibility index (Phi) is 10.3. The molecule has 168 valence electrons. The molecular formula is C20H29F2N2O5P. The van der Waals surface area contributed by atoms with Gasteiger partial charge in [0.05, 0.1) is 6.07 Å². The molecule has 0 radical (unpaired) electrons. The first-order valence-electron chi connectivity index (χ1n) is 9.85. The molecule has 0 saturated heterocycles. The maximum atomic E-state index is 15.2. The van der Waals surface area contributed by atoms with E-state index < -0.39 is 36.2 Å². The smallest absolute Gasteiger partial charge is 0.403 e. The summed E-state index contributed by atoms with van der Waals surface area (Å²) in [6.07, 6.45) is 2.26. The molecule has 0 aliphatic rings. The third kappa shape index (κ3) is 6.20. The van der Waals surface area contributed by atoms with E-state index in [1.165, 1.54) is 37.4 Å². The quantitative estimate of drug-likeness (QED) is 0.163. The molecule has 0 spiro atoms. The fraction of sp³-hybridized carbons (Fsp3) is 0.500. The average Bonchev–Trinajstić information content (AvgIpc) is 3.23. The summed E-state index contributed by atoms with van der Waals surface area (Å²) in [4.78, 5) is 9.95. The van der Waals surface area contributed by atoms with Crippen LogP contribution in [0, 0.1) is 10.1 Å². The Labute approximate surface area is 175 Å². The molecule has 0 N–H and O–H groups in total. The third-order valence-electron chi connectivity index (χ3n) is 4.22. The Bertz CT molecular complexity index is 830. The number of alkyl halides is 2. The number of benzene rings is 1. The zero-order valence-electron chi connectivity index (χ0n) is 17.7. The van der Waals surface area contributed by atoms with Crippen molar-refractivity contribution < 1.29 is 27.2 Å². The predicted octanol–water partition coefficient (Wildman–Crippen LogP) is 6.80. The Morgan fingerprint density at radius 2 is 1.80 bits per heavy atom. The van der Waals surface area contributed by atoms with E-state index in [4.69, 9.17) is 8.94 Å². The Hall–Kier alpha value is -2.09. The second kappa shape index (κ2) is 11.9. The van der Waals surface area contributed by atoms with Crippen molar-refractivity contribution in [1.82, 2.24) is 4.67 Å². The lowest BCUT2D eigenvalue weighted by Crippen LogP contribution is -2.29. The minimum atomic E-state index is -4.69. The molecule has 0 fully saturated rings. The summed E-state index contributed by atoms with van der Waals surface area (Å²) in [5, 5.41) is 10.7. The molecule has 2 rings (SSSR count). The average molecular weight is 446 g/mol. The van der Waals surface area contributed by atoms with Gasteiger partial charge in [0.15, 0.2) is 0 Å². The highest BCUT2D eigenvalue weighted by molar-refractivity contribution is 7.57. The summed E-state index contributed by atoms with van der Waals surface area (Å²) in [7, 11) is -3.35. The Morgan fingerprint density at radius 3 is 2.33 bits per heavy atom. The molecule has 10 heteroatoms. The summed E-state index contributed by atoms with van der Waals surface area (Å²) < 4.78 is 55.1. The van der Waals surface area contributed by atoms with Gasteiger partial charge in [0.1, 0.15) is 17.3 Å². The lowest BCUT2D eigenvalue weighted by molar-refractivity contribution is -0.402. The van der Waals surface area contributed by atoms with Gasteiger partial charge in [-0.2, -0.15) is 8.78 Å². The largest absolute Gasteiger partial charge is 0.433 e. The number of hydrogen-bond acceptors (Lipinski definition) is 5. The number of halogens is 2. The summed E-state index contributed by atoms with van der Waals surface area (Å²) in [5.41, 5.74) is -4.19. The van der Waals surface area contributed by atoms with Crippen LogP contribution in [0.1, 0.15) is 51.4 Å². The molecule has 0 amide bonds. The fourth-order valence-electron chi connectivity index (χ4n) is 2.61. The zero-order chi connectivity index (χ0) is 22.8. The van der Waals surface area contributed by atoms with Crippen LogP contribution in [0.15, 0.2) is 46.9 Å². The molecule has 7 nitrogen and oxygen atoms in total. The van der Waals surface area contributed by atoms with E-state index in [1.807, 2.05) is 20.8 Å². The molecule has 1 aromatic heterocycles. The van der Waals surface area contributed by atoms with E-state index in [1.54, 1.807) is 6.07 Å². The van der Waals surface area contributed by atoms with E-state index in [2.05, 4.69) is 0 Å². The maximum absolute atomic E-state index is 15.2. The topological polar surface area (TPSA) is 85.8 Å². The summed E-state index contributed by atoms with van der Waals surface area (Å²) in [6.45, 7) is 5.55. The normalized spacial score (nSPS) is 13.4. The molecule has 1 heterocycles. The lowest BCUT2D eigenvalue weighted by atomic mass is 10.2. The van der Waals surface area contributed by atoms with Gasteiger partial charge in [0.2, 0.25) is 0 Å². The maximum Gasteiger partial charge on any atom is 0.433 e. The molecule has 0 aliphatic carbocycles. The first-order chi connectivity index (χ1) is 14.2. The predicted molar refractivity (Wildman–Crippen MR) is 112 cm³/mol. The van der Waals surface area contributed by atoms with Crippen molar-refractivity contribution in [2.45, 2.75) is 52.3 Å². The highest BCUT2D eigenvalue weighted by Gasteiger charge is 2.56. The van der Waals surface area contributed by atoms with Gasteiger partial charge in [-0.3, -0.25) is 14.7 Å². The first-order valence-corrected chi connectivity index (χ1v) is 11.4. The molecule has 30 heavy (non-hydrogen) atoms. The van der Waals surface area contributed by atoms with Gasteiger partial charge in [-0.25, -0.2) is 4.67 Å². The highest BCUT2D eigenvalue weighted by atomic mass is 31.2. The molecule has 1 atom stereocenters. The third-order valence-corrected chi connectivity index (χ3v) is 6.77. The second-order valence-electron chi connectivity index (χ2n) is 6.29. The van der Waals surface area contributed by atoms with Crippen LogP contribution in [-0.4, -0.2) is 23.2 Å². The minimum absolute atomic E-state index is 0.0576. The van der Waals surface area contributed by atoms with Crippen LogP contribution in [0.25, 0.3) is 0 Å². The summed E-state index contributed by atoms with van der Waals surface area (Å²) in [5.74, 6) is -0.600. The molecule has 1 unspecified atom stereocenters. The molecule has 0 bridgehead atoms. The van der Waals surface area contributed by atoms with Gasteiger partial charge >= 0.3 is 19.1 Å². The second-order valence-corrected chi connectivity index (χ2v) is 8.83. The highest BCUT2D eigenvalue weighted by Crippen LogP contribution is 2.68. The van der Waals surface area contributed by atoms with Crippen molar-refractivity contribution in [3.8, 4) is 0 Å². The van der Waals surface area contributed by atoms with E-state index in [0.29, 0.717) is 6.42 Å². The van der Waals surface area contributed by atoms with Gasteiger partial charge in [-0.05, 0) is 19.5 Å². The summed E-state index contributed by atoms with van der Waals surface area (Å²) in [6, 6.07) is 9.14. The van der Waals surface area contributed by atoms with Crippen LogP contribution in [0.2, 0.25) is 0 Å². The van der Waals surface area contributed by atoms with Crippen molar-refractivity contribution in [1.29, 1.82) is 0 Å². The first kappa shape index (κ1) is 25.9. The van der Waals surface area contributed by atoms with Gasteiger partial charge < -0.3 is 8.94 Å². The molecule has 2 aromatic rings. The van der Waals surface area contributed by atoms with E-state index in [9.17, 15) is 14.7 Å². The van der Waals surface area contributed by atoms with Gasteiger partial charge in [0.25, 0.3) is 0 Å². The van der Waals surface area contributed by atoms with Crippen LogP contribution < -0.4 is 0 Å². The minimum Gasteiger partial charge on any atom is -0.403 e. The molecule has 1 aromatic carbocycles. The van der Waals surface area contributed by atoms with E-state index in [0.717, 1.165) is 23.6 Å². The van der Waals surface area contributed by atoms with Crippen LogP contribution in [0.3, 0.4) is 0 Å². The number of rotatable bonds is 11. The van der Waals surface area contributed by atoms with E-state index >= 15 is 8.78 Å². The van der Waals surface area contributed by atoms with Crippen LogP contribution in [0.5, 0.6) is 0 Å². The van der Waals surface area contributed by atoms with Crippen molar-refractivity contribution in [3.05, 3.63) is 63.9 Å². The SMILES string of the molecule is CC.CCCCCN(C)P(=O)(OCc1ccc([N+](=O)[O-])o1)C(F)(F)c1ccccc1. The van der Waals surface area contributed by atoms with Crippen molar-refractivity contribution in [2.24, 2.45) is 0 Å². The van der Waals surface area contributed by atoms with Gasteiger partial charge in [-0.15, -0.1) is 0 Å². The fourth-order valence-corrected chi connectivity index (χ4v) is 4.58. The molecular weight excluding hydrogens is 417 g/mol. The van der Waals surface area contributed by atoms with Crippen molar-refractivity contribution >= 4 is 13.4 Å². The van der Waals surface area contributed by atoms with Crippen LogP contribution >= 0.6 is 7.52 Å². The Balaban J connectivity index is 0.00000218. The number of unbranched alkanes of at least 4 members (excludes halogenated alkanes) is 2.